The van der Waals surface area contributed by atoms with Crippen molar-refractivity contribution in [1.29, 1.82) is 0 Å². The van der Waals surface area contributed by atoms with Gasteiger partial charge in [-0.15, -0.1) is 0 Å². The molecule has 0 saturated carbocycles. The normalized spacial score (nSPS) is 18.2. The number of benzene rings is 2. The maximum atomic E-state index is 12.7. The molecule has 2 aromatic rings. The van der Waals surface area contributed by atoms with Crippen LogP contribution in [0.5, 0.6) is 0 Å². The van der Waals surface area contributed by atoms with E-state index in [4.69, 9.17) is 21.1 Å². The van der Waals surface area contributed by atoms with Crippen LogP contribution in [0.25, 0.3) is 0 Å². The summed E-state index contributed by atoms with van der Waals surface area (Å²) in [6.07, 6.45) is 0.508. The Kier molecular flexibility index (Phi) is 6.48. The minimum absolute atomic E-state index is 0.0601. The Labute approximate surface area is 172 Å². The molecule has 3 rings (SSSR count). The molecule has 1 heterocycles. The lowest BCUT2D eigenvalue weighted by atomic mass is 10.0. The van der Waals surface area contributed by atoms with Crippen molar-refractivity contribution in [3.8, 4) is 0 Å². The van der Waals surface area contributed by atoms with Gasteiger partial charge < -0.3 is 14.8 Å². The Morgan fingerprint density at radius 3 is 2.10 bits per heavy atom. The van der Waals surface area contributed by atoms with Crippen LogP contribution < -0.4 is 16.2 Å². The van der Waals surface area contributed by atoms with Crippen LogP contribution in [0.2, 0.25) is 5.02 Å². The second kappa shape index (κ2) is 9.04. The first-order valence-electron chi connectivity index (χ1n) is 8.80. The number of halogens is 1. The molecule has 1 aliphatic rings. The first-order chi connectivity index (χ1) is 13.9. The van der Waals surface area contributed by atoms with E-state index >= 15 is 0 Å². The highest BCUT2D eigenvalue weighted by molar-refractivity contribution is 6.30. The van der Waals surface area contributed by atoms with Crippen LogP contribution in [0, 0.1) is 0 Å². The van der Waals surface area contributed by atoms with E-state index < -0.39 is 18.0 Å². The smallest absolute Gasteiger partial charge is 0.337 e. The van der Waals surface area contributed by atoms with Gasteiger partial charge in [0.25, 0.3) is 0 Å². The van der Waals surface area contributed by atoms with Crippen molar-refractivity contribution < 1.29 is 23.9 Å². The van der Waals surface area contributed by atoms with E-state index in [1.54, 1.807) is 12.1 Å². The number of esters is 2. The molecular weight excluding hydrogens is 398 g/mol. The molecule has 2 aromatic carbocycles. The van der Waals surface area contributed by atoms with E-state index in [0.29, 0.717) is 11.4 Å². The summed E-state index contributed by atoms with van der Waals surface area (Å²) >= 11 is 5.91. The summed E-state index contributed by atoms with van der Waals surface area (Å²) in [5.74, 6) is -1.57. The zero-order valence-corrected chi connectivity index (χ0v) is 16.6. The number of rotatable bonds is 5. The predicted molar refractivity (Wildman–Crippen MR) is 107 cm³/mol. The van der Waals surface area contributed by atoms with E-state index in [-0.39, 0.29) is 28.8 Å². The first-order valence-corrected chi connectivity index (χ1v) is 9.18. The fraction of sp³-hybridized carbons (Fsp3) is 0.250. The maximum Gasteiger partial charge on any atom is 0.337 e. The Morgan fingerprint density at radius 1 is 0.966 bits per heavy atom. The molecule has 152 valence electrons. The molecule has 9 heteroatoms. The molecule has 0 aliphatic carbocycles. The molecule has 0 aromatic heterocycles. The first kappa shape index (κ1) is 20.8. The molecule has 1 aliphatic heterocycles. The maximum absolute atomic E-state index is 12.7. The topological polar surface area (TPSA) is 106 Å². The van der Waals surface area contributed by atoms with Gasteiger partial charge in [-0.2, -0.15) is 0 Å². The minimum Gasteiger partial charge on any atom is -0.465 e. The summed E-state index contributed by atoms with van der Waals surface area (Å²) in [6, 6.07) is 11.0. The molecule has 8 nitrogen and oxygen atoms in total. The molecule has 3 N–H and O–H groups in total. The largest absolute Gasteiger partial charge is 0.465 e. The molecule has 29 heavy (non-hydrogen) atoms. The number of nitrogens with one attached hydrogen (secondary N) is 3. The molecule has 0 spiro atoms. The van der Waals surface area contributed by atoms with E-state index in [9.17, 15) is 14.4 Å². The van der Waals surface area contributed by atoms with Crippen LogP contribution in [0.1, 0.15) is 38.7 Å². The summed E-state index contributed by atoms with van der Waals surface area (Å²) in [5, 5.41) is 3.37. The van der Waals surface area contributed by atoms with E-state index in [1.807, 2.05) is 12.1 Å². The lowest BCUT2D eigenvalue weighted by molar-refractivity contribution is -0.117. The van der Waals surface area contributed by atoms with Gasteiger partial charge in [-0.25, -0.2) is 20.4 Å². The van der Waals surface area contributed by atoms with Crippen LogP contribution >= 0.6 is 11.6 Å². The van der Waals surface area contributed by atoms with Gasteiger partial charge in [-0.05, 0) is 42.3 Å². The van der Waals surface area contributed by atoms with Gasteiger partial charge in [0.1, 0.15) is 6.04 Å². The Morgan fingerprint density at radius 2 is 1.55 bits per heavy atom. The highest BCUT2D eigenvalue weighted by Crippen LogP contribution is 2.25. The van der Waals surface area contributed by atoms with Gasteiger partial charge in [0.05, 0.1) is 25.3 Å². The third-order valence-corrected chi connectivity index (χ3v) is 4.79. The van der Waals surface area contributed by atoms with E-state index in [2.05, 4.69) is 16.2 Å². The summed E-state index contributed by atoms with van der Waals surface area (Å²) in [4.78, 5) is 36.4. The number of carbonyl (C=O) groups excluding carboxylic acids is 3. The van der Waals surface area contributed by atoms with Crippen molar-refractivity contribution in [1.82, 2.24) is 10.9 Å². The van der Waals surface area contributed by atoms with Crippen molar-refractivity contribution in [2.45, 2.75) is 18.5 Å². The number of anilines is 1. The lowest BCUT2D eigenvalue weighted by Crippen LogP contribution is -2.39. The molecule has 1 saturated heterocycles. The number of hydrogen-bond donors (Lipinski definition) is 3. The number of hydrogen-bond acceptors (Lipinski definition) is 7. The fourth-order valence-electron chi connectivity index (χ4n) is 3.04. The summed E-state index contributed by atoms with van der Waals surface area (Å²) in [5.41, 5.74) is 7.58. The Hall–Kier alpha value is -2.94. The summed E-state index contributed by atoms with van der Waals surface area (Å²) in [6.45, 7) is 0. The van der Waals surface area contributed by atoms with Crippen molar-refractivity contribution in [3.05, 3.63) is 64.2 Å². The highest BCUT2D eigenvalue weighted by atomic mass is 35.5. The van der Waals surface area contributed by atoms with Gasteiger partial charge in [0.2, 0.25) is 5.91 Å². The zero-order chi connectivity index (χ0) is 21.0. The number of hydrazine groups is 1. The van der Waals surface area contributed by atoms with Gasteiger partial charge >= 0.3 is 11.9 Å². The van der Waals surface area contributed by atoms with Crippen LogP contribution in [0.15, 0.2) is 42.5 Å². The van der Waals surface area contributed by atoms with Gasteiger partial charge in [0, 0.05) is 16.8 Å². The van der Waals surface area contributed by atoms with E-state index in [1.165, 1.54) is 32.4 Å². The molecular formula is C20H20ClN3O5. The average molecular weight is 418 g/mol. The number of ether oxygens (including phenoxy) is 2. The monoisotopic (exact) mass is 417 g/mol. The standard InChI is InChI=1S/C20H20ClN3O5/c1-28-19(26)12-7-13(20(27)29-2)9-15(8-12)22-18(25)17-10-16(23-24-17)11-3-5-14(21)6-4-11/h3-9,16-17,23-24H,10H2,1-2H3,(H,22,25). The van der Waals surface area contributed by atoms with Gasteiger partial charge in [0.15, 0.2) is 0 Å². The third kappa shape index (κ3) is 4.92. The SMILES string of the molecule is COC(=O)c1cc(NC(=O)C2CC(c3ccc(Cl)cc3)NN2)cc(C(=O)OC)c1. The van der Waals surface area contributed by atoms with Crippen LogP contribution in [0.3, 0.4) is 0 Å². The van der Waals surface area contributed by atoms with Gasteiger partial charge in [-0.3, -0.25) is 4.79 Å². The van der Waals surface area contributed by atoms with E-state index in [0.717, 1.165) is 5.56 Å². The predicted octanol–water partition coefficient (Wildman–Crippen LogP) is 2.46. The zero-order valence-electron chi connectivity index (χ0n) is 15.8. The fourth-order valence-corrected chi connectivity index (χ4v) is 3.17. The Balaban J connectivity index is 1.73. The lowest BCUT2D eigenvalue weighted by Gasteiger charge is -2.13. The van der Waals surface area contributed by atoms with Crippen molar-refractivity contribution >= 4 is 35.1 Å². The van der Waals surface area contributed by atoms with Crippen molar-refractivity contribution in [2.24, 2.45) is 0 Å². The van der Waals surface area contributed by atoms with Crippen molar-refractivity contribution in [3.63, 3.8) is 0 Å². The van der Waals surface area contributed by atoms with Crippen LogP contribution in [-0.2, 0) is 14.3 Å². The molecule has 0 radical (unpaired) electrons. The van der Waals surface area contributed by atoms with Crippen LogP contribution in [-0.4, -0.2) is 38.1 Å². The molecule has 0 bridgehead atoms. The second-order valence-electron chi connectivity index (χ2n) is 6.45. The summed E-state index contributed by atoms with van der Waals surface area (Å²) < 4.78 is 9.40. The number of methoxy groups -OCH3 is 2. The summed E-state index contributed by atoms with van der Waals surface area (Å²) in [7, 11) is 2.47. The third-order valence-electron chi connectivity index (χ3n) is 4.53. The molecule has 1 amide bonds. The second-order valence-corrected chi connectivity index (χ2v) is 6.89. The molecule has 2 atom stereocenters. The Bertz CT molecular complexity index is 898. The number of carbonyl (C=O) groups is 3. The van der Waals surface area contributed by atoms with Gasteiger partial charge in [-0.1, -0.05) is 23.7 Å². The van der Waals surface area contributed by atoms with Crippen LogP contribution in [0.4, 0.5) is 5.69 Å². The number of amides is 1. The van der Waals surface area contributed by atoms with Crippen molar-refractivity contribution in [2.75, 3.05) is 19.5 Å². The minimum atomic E-state index is -0.630. The molecule has 2 unspecified atom stereocenters. The quantitative estimate of drug-likeness (QED) is 0.641. The molecule has 1 fully saturated rings. The average Bonchev–Trinajstić information content (AvgIpc) is 3.23. The highest BCUT2D eigenvalue weighted by Gasteiger charge is 2.30.